The number of benzene rings is 3. The Morgan fingerprint density at radius 1 is 0.941 bits per heavy atom. The van der Waals surface area contributed by atoms with E-state index >= 15 is 0 Å². The number of rotatable bonds is 9. The molecule has 1 aliphatic heterocycles. The Labute approximate surface area is 199 Å². The summed E-state index contributed by atoms with van der Waals surface area (Å²) in [5.74, 6) is -1.16. The van der Waals surface area contributed by atoms with Crippen molar-refractivity contribution < 1.29 is 22.7 Å². The van der Waals surface area contributed by atoms with Gasteiger partial charge in [0, 0.05) is 13.1 Å². The van der Waals surface area contributed by atoms with Crippen molar-refractivity contribution in [3.63, 3.8) is 0 Å². The summed E-state index contributed by atoms with van der Waals surface area (Å²) in [5, 5.41) is 2.72. The number of anilines is 1. The molecule has 0 fully saturated rings. The minimum absolute atomic E-state index is 0.00372. The highest BCUT2D eigenvalue weighted by Gasteiger charge is 2.31. The maximum absolute atomic E-state index is 13.2. The Bertz CT molecular complexity index is 1280. The molecule has 0 saturated carbocycles. The van der Waals surface area contributed by atoms with Gasteiger partial charge < -0.3 is 10.1 Å². The number of nitrogens with one attached hydrogen (secondary N) is 1. The number of carbonyl (C=O) groups is 2. The number of hydrogen-bond acceptors (Lipinski definition) is 5. The lowest BCUT2D eigenvalue weighted by atomic mass is 10.1. The average Bonchev–Trinajstić information content (AvgIpc) is 3.31. The van der Waals surface area contributed by atoms with Crippen LogP contribution >= 0.6 is 0 Å². The molecule has 0 bridgehead atoms. The largest absolute Gasteiger partial charge is 0.452 e. The number of para-hydroxylation sites is 1. The van der Waals surface area contributed by atoms with Gasteiger partial charge in [-0.15, -0.1) is 0 Å². The zero-order valence-corrected chi connectivity index (χ0v) is 19.5. The number of sulfonamides is 1. The molecule has 1 aliphatic rings. The average molecular weight is 479 g/mol. The van der Waals surface area contributed by atoms with Crippen LogP contribution in [-0.2, 0) is 32.4 Å². The second-order valence-corrected chi connectivity index (χ2v) is 9.86. The zero-order valence-electron chi connectivity index (χ0n) is 18.6. The Morgan fingerprint density at radius 2 is 1.71 bits per heavy atom. The van der Waals surface area contributed by atoms with Gasteiger partial charge in [0.1, 0.15) is 0 Å². The quantitative estimate of drug-likeness (QED) is 0.376. The Balaban J connectivity index is 1.31. The van der Waals surface area contributed by atoms with Gasteiger partial charge in [-0.3, -0.25) is 9.10 Å². The van der Waals surface area contributed by atoms with Gasteiger partial charge >= 0.3 is 5.97 Å². The molecule has 0 aromatic heterocycles. The van der Waals surface area contributed by atoms with Gasteiger partial charge in [0.05, 0.1) is 16.1 Å². The number of ether oxygens (including phenoxy) is 1. The fourth-order valence-electron chi connectivity index (χ4n) is 3.90. The van der Waals surface area contributed by atoms with Crippen LogP contribution in [0.15, 0.2) is 83.8 Å². The van der Waals surface area contributed by atoms with Crippen molar-refractivity contribution >= 4 is 27.6 Å². The summed E-state index contributed by atoms with van der Waals surface area (Å²) in [5.41, 5.74) is 2.89. The van der Waals surface area contributed by atoms with E-state index < -0.39 is 28.5 Å². The molecule has 0 radical (unpaired) electrons. The number of hydrogen-bond donors (Lipinski definition) is 1. The minimum atomic E-state index is -3.83. The van der Waals surface area contributed by atoms with E-state index in [1.165, 1.54) is 34.1 Å². The molecule has 3 aromatic rings. The summed E-state index contributed by atoms with van der Waals surface area (Å²) in [7, 11) is -3.83. The third-order valence-electron chi connectivity index (χ3n) is 5.64. The van der Waals surface area contributed by atoms with E-state index in [2.05, 4.69) is 5.32 Å². The molecular formula is C26H26N2O5S. The smallest absolute Gasteiger partial charge is 0.338 e. The molecule has 0 saturated heterocycles. The number of esters is 1. The Hall–Kier alpha value is -3.65. The second kappa shape index (κ2) is 10.5. The third-order valence-corrected chi connectivity index (χ3v) is 7.45. The molecule has 0 atom stereocenters. The maximum Gasteiger partial charge on any atom is 0.338 e. The first-order valence-electron chi connectivity index (χ1n) is 11.1. The van der Waals surface area contributed by atoms with Gasteiger partial charge in [-0.25, -0.2) is 13.2 Å². The predicted molar refractivity (Wildman–Crippen MR) is 129 cm³/mol. The van der Waals surface area contributed by atoms with Gasteiger partial charge in [0.2, 0.25) is 0 Å². The van der Waals surface area contributed by atoms with Crippen LogP contribution in [0.25, 0.3) is 0 Å². The Morgan fingerprint density at radius 3 is 2.53 bits per heavy atom. The summed E-state index contributed by atoms with van der Waals surface area (Å²) < 4.78 is 32.8. The van der Waals surface area contributed by atoms with E-state index in [1.54, 1.807) is 12.1 Å². The number of fused-ring (bicyclic) bond motifs is 1. The molecule has 0 unspecified atom stereocenters. The normalized spacial score (nSPS) is 12.8. The molecular weight excluding hydrogens is 452 g/mol. The summed E-state index contributed by atoms with van der Waals surface area (Å²) in [4.78, 5) is 24.5. The molecule has 3 aromatic carbocycles. The van der Waals surface area contributed by atoms with Gasteiger partial charge in [0.15, 0.2) is 6.61 Å². The molecule has 0 aliphatic carbocycles. The van der Waals surface area contributed by atoms with Crippen molar-refractivity contribution in [2.24, 2.45) is 0 Å². The third kappa shape index (κ3) is 5.46. The van der Waals surface area contributed by atoms with E-state index in [0.29, 0.717) is 25.2 Å². The van der Waals surface area contributed by atoms with Crippen molar-refractivity contribution in [1.82, 2.24) is 5.32 Å². The molecule has 4 rings (SSSR count). The minimum Gasteiger partial charge on any atom is -0.452 e. The van der Waals surface area contributed by atoms with Crippen LogP contribution in [0.4, 0.5) is 5.69 Å². The fourth-order valence-corrected chi connectivity index (χ4v) is 5.45. The maximum atomic E-state index is 13.2. The Kier molecular flexibility index (Phi) is 7.27. The van der Waals surface area contributed by atoms with Crippen LogP contribution < -0.4 is 9.62 Å². The summed E-state index contributed by atoms with van der Waals surface area (Å²) in [6, 6.07) is 23.0. The number of amides is 1. The van der Waals surface area contributed by atoms with Gasteiger partial charge in [0.25, 0.3) is 15.9 Å². The molecule has 1 amide bonds. The standard InChI is InChI=1S/C26H26N2O5S/c29-25(27-16-7-10-20-8-2-1-3-9-20)19-33-26(30)22-12-6-13-23(18-22)34(31,32)28-17-15-21-11-4-5-14-24(21)28/h1-6,8-9,11-14,18H,7,10,15-17,19H2,(H,27,29). The van der Waals surface area contributed by atoms with Crippen molar-refractivity contribution in [2.75, 3.05) is 24.0 Å². The van der Waals surface area contributed by atoms with Gasteiger partial charge in [-0.2, -0.15) is 0 Å². The van der Waals surface area contributed by atoms with Gasteiger partial charge in [-0.05, 0) is 54.7 Å². The molecule has 1 heterocycles. The summed E-state index contributed by atoms with van der Waals surface area (Å²) in [6.07, 6.45) is 2.24. The van der Waals surface area contributed by atoms with E-state index in [1.807, 2.05) is 42.5 Å². The number of nitrogens with zero attached hydrogens (tertiary/aromatic N) is 1. The SMILES string of the molecule is O=C(COC(=O)c1cccc(S(=O)(=O)N2CCc3ccccc32)c1)NCCCc1ccccc1. The lowest BCUT2D eigenvalue weighted by Gasteiger charge is -2.19. The van der Waals surface area contributed by atoms with Crippen LogP contribution in [-0.4, -0.2) is 40.0 Å². The molecule has 0 spiro atoms. The van der Waals surface area contributed by atoms with E-state index in [9.17, 15) is 18.0 Å². The fraction of sp³-hybridized carbons (Fsp3) is 0.231. The highest BCUT2D eigenvalue weighted by Crippen LogP contribution is 2.32. The number of carbonyl (C=O) groups excluding carboxylic acids is 2. The van der Waals surface area contributed by atoms with Crippen LogP contribution in [0.1, 0.15) is 27.9 Å². The molecule has 34 heavy (non-hydrogen) atoms. The van der Waals surface area contributed by atoms with Crippen LogP contribution in [0.5, 0.6) is 0 Å². The predicted octanol–water partition coefficient (Wildman–Crippen LogP) is 3.34. The first kappa shape index (κ1) is 23.5. The van der Waals surface area contributed by atoms with Crippen molar-refractivity contribution in [3.05, 3.63) is 95.6 Å². The molecule has 176 valence electrons. The van der Waals surface area contributed by atoms with E-state index in [0.717, 1.165) is 18.4 Å². The lowest BCUT2D eigenvalue weighted by Crippen LogP contribution is -2.30. The summed E-state index contributed by atoms with van der Waals surface area (Å²) >= 11 is 0. The zero-order chi connectivity index (χ0) is 24.0. The topological polar surface area (TPSA) is 92.8 Å². The monoisotopic (exact) mass is 478 g/mol. The van der Waals surface area contributed by atoms with Crippen LogP contribution in [0.2, 0.25) is 0 Å². The molecule has 7 nitrogen and oxygen atoms in total. The molecule has 1 N–H and O–H groups in total. The van der Waals surface area contributed by atoms with Crippen LogP contribution in [0.3, 0.4) is 0 Å². The van der Waals surface area contributed by atoms with E-state index in [4.69, 9.17) is 4.74 Å². The summed E-state index contributed by atoms with van der Waals surface area (Å²) in [6.45, 7) is 0.387. The van der Waals surface area contributed by atoms with E-state index in [-0.39, 0.29) is 10.5 Å². The van der Waals surface area contributed by atoms with Crippen molar-refractivity contribution in [1.29, 1.82) is 0 Å². The van der Waals surface area contributed by atoms with Crippen LogP contribution in [0, 0.1) is 0 Å². The first-order valence-corrected chi connectivity index (χ1v) is 12.6. The first-order chi connectivity index (χ1) is 16.4. The van der Waals surface area contributed by atoms with Crippen molar-refractivity contribution in [2.45, 2.75) is 24.2 Å². The highest BCUT2D eigenvalue weighted by atomic mass is 32.2. The highest BCUT2D eigenvalue weighted by molar-refractivity contribution is 7.92. The number of aryl methyl sites for hydroxylation is 1. The van der Waals surface area contributed by atoms with Crippen molar-refractivity contribution in [3.8, 4) is 0 Å². The van der Waals surface area contributed by atoms with Gasteiger partial charge in [-0.1, -0.05) is 54.6 Å². The second-order valence-electron chi connectivity index (χ2n) is 8.00. The molecule has 8 heteroatoms. The lowest BCUT2D eigenvalue weighted by molar-refractivity contribution is -0.124.